The monoisotopic (exact) mass is 312 g/mol. The van der Waals surface area contributed by atoms with Crippen molar-refractivity contribution < 1.29 is 13.9 Å². The number of carbonyl (C=O) groups excluding carboxylic acids is 1. The first-order chi connectivity index (χ1) is 10.2. The third kappa shape index (κ3) is 6.46. The van der Waals surface area contributed by atoms with Crippen molar-refractivity contribution in [3.05, 3.63) is 30.1 Å². The number of hydrogen-bond acceptors (Lipinski definition) is 4. The first-order valence-electron chi connectivity index (χ1n) is 7.19. The Balaban J connectivity index is 1.54. The normalized spacial score (nSPS) is 15.9. The summed E-state index contributed by atoms with van der Waals surface area (Å²) in [4.78, 5) is 14.9. The molecule has 1 N–H and O–H groups in total. The number of thioether (sulfide) groups is 1. The lowest BCUT2D eigenvalue weighted by Gasteiger charge is -2.26. The van der Waals surface area contributed by atoms with Crippen molar-refractivity contribution in [3.8, 4) is 0 Å². The van der Waals surface area contributed by atoms with Crippen molar-refractivity contribution in [1.29, 1.82) is 0 Å². The third-order valence-electron chi connectivity index (χ3n) is 3.26. The molecule has 1 aromatic carbocycles. The average Bonchev–Trinajstić information content (AvgIpc) is 2.52. The lowest BCUT2D eigenvalue weighted by molar-refractivity contribution is -0.118. The van der Waals surface area contributed by atoms with Gasteiger partial charge in [0.1, 0.15) is 5.82 Å². The molecule has 1 aromatic rings. The van der Waals surface area contributed by atoms with Crippen LogP contribution in [0.5, 0.6) is 0 Å². The minimum atomic E-state index is -0.257. The molecule has 1 heterocycles. The zero-order chi connectivity index (χ0) is 14.9. The van der Waals surface area contributed by atoms with Gasteiger partial charge < -0.3 is 10.1 Å². The molecule has 2 rings (SSSR count). The van der Waals surface area contributed by atoms with E-state index in [0.29, 0.717) is 12.3 Å². The molecule has 0 radical (unpaired) electrons. The standard InChI is InChI=1S/C15H21FN2O2S/c16-13-2-4-14(5-3-13)21-12-15(19)17-6-1-7-18-8-10-20-11-9-18/h2-5H,1,6-12H2,(H,17,19). The highest BCUT2D eigenvalue weighted by Crippen LogP contribution is 2.17. The van der Waals surface area contributed by atoms with Crippen molar-refractivity contribution in [1.82, 2.24) is 10.2 Å². The SMILES string of the molecule is O=C(CSc1ccc(F)cc1)NCCCN1CCOCC1. The molecule has 4 nitrogen and oxygen atoms in total. The highest BCUT2D eigenvalue weighted by Gasteiger charge is 2.09. The third-order valence-corrected chi connectivity index (χ3v) is 4.27. The summed E-state index contributed by atoms with van der Waals surface area (Å²) in [6.45, 7) is 5.26. The number of halogens is 1. The molecule has 0 saturated carbocycles. The summed E-state index contributed by atoms with van der Waals surface area (Å²) in [6.07, 6.45) is 0.951. The van der Waals surface area contributed by atoms with Gasteiger partial charge in [0.15, 0.2) is 0 Å². The predicted octanol–water partition coefficient (Wildman–Crippen LogP) is 1.76. The van der Waals surface area contributed by atoms with E-state index in [4.69, 9.17) is 4.74 Å². The van der Waals surface area contributed by atoms with Crippen LogP contribution in [-0.2, 0) is 9.53 Å². The summed E-state index contributed by atoms with van der Waals surface area (Å²) in [7, 11) is 0. The highest BCUT2D eigenvalue weighted by molar-refractivity contribution is 8.00. The Bertz CT molecular complexity index is 436. The molecule has 0 aromatic heterocycles. The Morgan fingerprint density at radius 1 is 1.29 bits per heavy atom. The van der Waals surface area contributed by atoms with Crippen LogP contribution in [0.25, 0.3) is 0 Å². The number of rotatable bonds is 7. The van der Waals surface area contributed by atoms with Crippen LogP contribution in [-0.4, -0.2) is 56.0 Å². The molecule has 6 heteroatoms. The van der Waals surface area contributed by atoms with Gasteiger partial charge in [-0.25, -0.2) is 4.39 Å². The van der Waals surface area contributed by atoms with Crippen LogP contribution in [0, 0.1) is 5.82 Å². The lowest BCUT2D eigenvalue weighted by atomic mass is 10.3. The van der Waals surface area contributed by atoms with Crippen LogP contribution in [0.1, 0.15) is 6.42 Å². The molecule has 1 aliphatic heterocycles. The molecule has 0 spiro atoms. The number of benzene rings is 1. The minimum Gasteiger partial charge on any atom is -0.379 e. The van der Waals surface area contributed by atoms with Gasteiger partial charge in [-0.05, 0) is 37.2 Å². The van der Waals surface area contributed by atoms with E-state index >= 15 is 0 Å². The molecule has 0 aliphatic carbocycles. The first-order valence-corrected chi connectivity index (χ1v) is 8.18. The van der Waals surface area contributed by atoms with Crippen LogP contribution >= 0.6 is 11.8 Å². The van der Waals surface area contributed by atoms with Gasteiger partial charge in [-0.1, -0.05) is 0 Å². The maximum Gasteiger partial charge on any atom is 0.230 e. The second-order valence-corrected chi connectivity index (χ2v) is 5.95. The zero-order valence-electron chi connectivity index (χ0n) is 12.0. The highest BCUT2D eigenvalue weighted by atomic mass is 32.2. The van der Waals surface area contributed by atoms with E-state index in [2.05, 4.69) is 10.2 Å². The Morgan fingerprint density at radius 3 is 2.71 bits per heavy atom. The van der Waals surface area contributed by atoms with Crippen LogP contribution in [0.3, 0.4) is 0 Å². The molecule has 1 fully saturated rings. The molecule has 116 valence electrons. The lowest BCUT2D eigenvalue weighted by Crippen LogP contribution is -2.38. The largest absolute Gasteiger partial charge is 0.379 e. The van der Waals surface area contributed by atoms with Crippen molar-refractivity contribution in [2.75, 3.05) is 45.1 Å². The first kappa shape index (κ1) is 16.3. The Morgan fingerprint density at radius 2 is 2.00 bits per heavy atom. The molecule has 1 amide bonds. The molecular weight excluding hydrogens is 291 g/mol. The topological polar surface area (TPSA) is 41.6 Å². The summed E-state index contributed by atoms with van der Waals surface area (Å²) >= 11 is 1.42. The number of hydrogen-bond donors (Lipinski definition) is 1. The van der Waals surface area contributed by atoms with Gasteiger partial charge in [-0.3, -0.25) is 9.69 Å². The van der Waals surface area contributed by atoms with Crippen molar-refractivity contribution >= 4 is 17.7 Å². The van der Waals surface area contributed by atoms with Gasteiger partial charge in [0.05, 0.1) is 19.0 Å². The van der Waals surface area contributed by atoms with E-state index in [-0.39, 0.29) is 11.7 Å². The summed E-state index contributed by atoms with van der Waals surface area (Å²) in [5, 5.41) is 2.91. The maximum atomic E-state index is 12.7. The maximum absolute atomic E-state index is 12.7. The molecule has 1 saturated heterocycles. The Labute approximate surface area is 129 Å². The van der Waals surface area contributed by atoms with Crippen LogP contribution < -0.4 is 5.32 Å². The van der Waals surface area contributed by atoms with Gasteiger partial charge >= 0.3 is 0 Å². The number of nitrogens with zero attached hydrogens (tertiary/aromatic N) is 1. The van der Waals surface area contributed by atoms with Crippen LogP contribution in [0.4, 0.5) is 4.39 Å². The van der Waals surface area contributed by atoms with Crippen molar-refractivity contribution in [2.24, 2.45) is 0 Å². The van der Waals surface area contributed by atoms with E-state index in [0.717, 1.165) is 44.2 Å². The van der Waals surface area contributed by atoms with E-state index in [1.165, 1.54) is 23.9 Å². The smallest absolute Gasteiger partial charge is 0.230 e. The quantitative estimate of drug-likeness (QED) is 0.615. The summed E-state index contributed by atoms with van der Waals surface area (Å²) in [5.74, 6) is 0.127. The molecular formula is C15H21FN2O2S. The number of morpholine rings is 1. The fourth-order valence-electron chi connectivity index (χ4n) is 2.09. The summed E-state index contributed by atoms with van der Waals surface area (Å²) < 4.78 is 18.0. The molecule has 0 unspecified atom stereocenters. The zero-order valence-corrected chi connectivity index (χ0v) is 12.8. The fourth-order valence-corrected chi connectivity index (χ4v) is 2.81. The van der Waals surface area contributed by atoms with Gasteiger partial charge in [0.2, 0.25) is 5.91 Å². The molecule has 1 aliphatic rings. The number of nitrogens with one attached hydrogen (secondary N) is 1. The fraction of sp³-hybridized carbons (Fsp3) is 0.533. The Kier molecular flexibility index (Phi) is 6.99. The van der Waals surface area contributed by atoms with E-state index in [9.17, 15) is 9.18 Å². The van der Waals surface area contributed by atoms with E-state index < -0.39 is 0 Å². The van der Waals surface area contributed by atoms with Crippen LogP contribution in [0.15, 0.2) is 29.2 Å². The van der Waals surface area contributed by atoms with Gasteiger partial charge in [0.25, 0.3) is 0 Å². The number of amides is 1. The summed E-state index contributed by atoms with van der Waals surface area (Å²) in [5.41, 5.74) is 0. The van der Waals surface area contributed by atoms with Gasteiger partial charge in [0, 0.05) is 24.5 Å². The molecule has 0 atom stereocenters. The van der Waals surface area contributed by atoms with Crippen molar-refractivity contribution in [2.45, 2.75) is 11.3 Å². The van der Waals surface area contributed by atoms with Gasteiger partial charge in [-0.15, -0.1) is 11.8 Å². The van der Waals surface area contributed by atoms with E-state index in [1.807, 2.05) is 0 Å². The summed E-state index contributed by atoms with van der Waals surface area (Å²) in [6, 6.07) is 6.18. The second kappa shape index (κ2) is 9.02. The number of carbonyl (C=O) groups is 1. The molecule has 0 bridgehead atoms. The predicted molar refractivity (Wildman–Crippen MR) is 82.0 cm³/mol. The van der Waals surface area contributed by atoms with Crippen LogP contribution in [0.2, 0.25) is 0 Å². The van der Waals surface area contributed by atoms with E-state index in [1.54, 1.807) is 12.1 Å². The second-order valence-electron chi connectivity index (χ2n) is 4.90. The van der Waals surface area contributed by atoms with Crippen molar-refractivity contribution in [3.63, 3.8) is 0 Å². The number of ether oxygens (including phenoxy) is 1. The van der Waals surface area contributed by atoms with Gasteiger partial charge in [-0.2, -0.15) is 0 Å². The minimum absolute atomic E-state index is 0.0197. The average molecular weight is 312 g/mol. The Hall–Kier alpha value is -1.11. The molecule has 21 heavy (non-hydrogen) atoms.